The third-order valence-electron chi connectivity index (χ3n) is 2.66. The minimum atomic E-state index is 0.121. The summed E-state index contributed by atoms with van der Waals surface area (Å²) in [7, 11) is 0. The second-order valence-electron chi connectivity index (χ2n) is 3.68. The van der Waals surface area contributed by atoms with Crippen molar-refractivity contribution in [2.45, 2.75) is 32.8 Å². The number of aryl methyl sites for hydroxylation is 1. The summed E-state index contributed by atoms with van der Waals surface area (Å²) in [6.07, 6.45) is 2.27. The Morgan fingerprint density at radius 1 is 1.50 bits per heavy atom. The van der Waals surface area contributed by atoms with E-state index in [-0.39, 0.29) is 6.10 Å². The molecule has 0 bridgehead atoms. The first-order valence-corrected chi connectivity index (χ1v) is 5.28. The fourth-order valence-electron chi connectivity index (χ4n) is 1.61. The van der Waals surface area contributed by atoms with E-state index in [1.54, 1.807) is 0 Å². The Morgan fingerprint density at radius 2 is 2.29 bits per heavy atom. The number of hydrogen-bond donors (Lipinski definition) is 1. The van der Waals surface area contributed by atoms with Gasteiger partial charge in [-0.2, -0.15) is 0 Å². The molecule has 0 aromatic carbocycles. The molecule has 0 saturated carbocycles. The zero-order valence-corrected chi connectivity index (χ0v) is 9.28. The molecular formula is C10H14N2OS. The van der Waals surface area contributed by atoms with Gasteiger partial charge in [0.2, 0.25) is 0 Å². The number of aromatic nitrogens is 2. The van der Waals surface area contributed by atoms with Crippen molar-refractivity contribution in [2.24, 2.45) is 0 Å². The molecule has 2 rings (SSSR count). The van der Waals surface area contributed by atoms with Crippen LogP contribution in [0, 0.1) is 18.5 Å². The van der Waals surface area contributed by atoms with Gasteiger partial charge in [0.1, 0.15) is 16.6 Å². The third kappa shape index (κ3) is 1.72. The van der Waals surface area contributed by atoms with Crippen LogP contribution < -0.4 is 0 Å². The van der Waals surface area contributed by atoms with Gasteiger partial charge in [-0.05, 0) is 26.7 Å². The van der Waals surface area contributed by atoms with Crippen LogP contribution in [0.1, 0.15) is 36.0 Å². The predicted octanol–water partition coefficient (Wildman–Crippen LogP) is 2.61. The van der Waals surface area contributed by atoms with Gasteiger partial charge in [-0.1, -0.05) is 12.2 Å². The predicted molar refractivity (Wildman–Crippen MR) is 56.8 cm³/mol. The van der Waals surface area contributed by atoms with Gasteiger partial charge in [-0.15, -0.1) is 0 Å². The molecule has 1 N–H and O–H groups in total. The first-order valence-electron chi connectivity index (χ1n) is 4.87. The molecule has 3 nitrogen and oxygen atoms in total. The fraction of sp³-hybridized carbons (Fsp3) is 0.600. The lowest BCUT2D eigenvalue weighted by Crippen LogP contribution is -2.05. The smallest absolute Gasteiger partial charge is 0.137 e. The SMILES string of the molecule is Cc1[nH]c(C2CCCO2)nc(=S)c1C. The number of aromatic amines is 1. The molecule has 1 saturated heterocycles. The molecule has 0 radical (unpaired) electrons. The Balaban J connectivity index is 2.39. The van der Waals surface area contributed by atoms with Gasteiger partial charge in [0, 0.05) is 17.9 Å². The van der Waals surface area contributed by atoms with E-state index in [0.717, 1.165) is 36.5 Å². The van der Waals surface area contributed by atoms with Crippen LogP contribution in [0.15, 0.2) is 0 Å². The highest BCUT2D eigenvalue weighted by atomic mass is 32.1. The van der Waals surface area contributed by atoms with Gasteiger partial charge < -0.3 is 9.72 Å². The quantitative estimate of drug-likeness (QED) is 0.724. The maximum Gasteiger partial charge on any atom is 0.137 e. The van der Waals surface area contributed by atoms with E-state index in [1.165, 1.54) is 0 Å². The number of nitrogens with one attached hydrogen (secondary N) is 1. The average molecular weight is 210 g/mol. The number of nitrogens with zero attached hydrogens (tertiary/aromatic N) is 1. The third-order valence-corrected chi connectivity index (χ3v) is 3.05. The van der Waals surface area contributed by atoms with E-state index in [4.69, 9.17) is 17.0 Å². The Bertz CT molecular complexity index is 394. The first kappa shape index (κ1) is 9.80. The largest absolute Gasteiger partial charge is 0.370 e. The number of H-pyrrole nitrogens is 1. The lowest BCUT2D eigenvalue weighted by atomic mass is 10.2. The van der Waals surface area contributed by atoms with Gasteiger partial charge in [-0.25, -0.2) is 4.98 Å². The molecule has 0 aliphatic carbocycles. The minimum absolute atomic E-state index is 0.121. The fourth-order valence-corrected chi connectivity index (χ4v) is 1.86. The van der Waals surface area contributed by atoms with Crippen LogP contribution in [0.3, 0.4) is 0 Å². The molecule has 0 amide bonds. The molecule has 1 unspecified atom stereocenters. The number of hydrogen-bond acceptors (Lipinski definition) is 3. The van der Waals surface area contributed by atoms with Gasteiger partial charge in [0.15, 0.2) is 0 Å². The first-order chi connectivity index (χ1) is 6.68. The lowest BCUT2D eigenvalue weighted by Gasteiger charge is -2.10. The molecule has 1 aromatic heterocycles. The summed E-state index contributed by atoms with van der Waals surface area (Å²) in [4.78, 5) is 7.61. The van der Waals surface area contributed by atoms with Gasteiger partial charge in [-0.3, -0.25) is 0 Å². The van der Waals surface area contributed by atoms with Crippen molar-refractivity contribution in [1.82, 2.24) is 9.97 Å². The van der Waals surface area contributed by atoms with E-state index in [9.17, 15) is 0 Å². The zero-order chi connectivity index (χ0) is 10.1. The number of rotatable bonds is 1. The molecule has 1 aliphatic rings. The van der Waals surface area contributed by atoms with Gasteiger partial charge in [0.25, 0.3) is 0 Å². The molecule has 4 heteroatoms. The van der Waals surface area contributed by atoms with Crippen LogP contribution in [-0.4, -0.2) is 16.6 Å². The summed E-state index contributed by atoms with van der Waals surface area (Å²) in [6.45, 7) is 4.84. The van der Waals surface area contributed by atoms with Gasteiger partial charge >= 0.3 is 0 Å². The Kier molecular flexibility index (Phi) is 2.65. The van der Waals surface area contributed by atoms with E-state index in [1.807, 2.05) is 13.8 Å². The molecule has 1 aromatic rings. The Labute approximate surface area is 88.5 Å². The van der Waals surface area contributed by atoms with Crippen LogP contribution >= 0.6 is 12.2 Å². The molecule has 2 heterocycles. The standard InChI is InChI=1S/C10H14N2OS/c1-6-7(2)11-9(12-10(6)14)8-4-3-5-13-8/h8H,3-5H2,1-2H3,(H,11,12,14). The maximum absolute atomic E-state index is 5.55. The summed E-state index contributed by atoms with van der Waals surface area (Å²) >= 11 is 5.18. The summed E-state index contributed by atoms with van der Waals surface area (Å²) in [5.74, 6) is 0.885. The van der Waals surface area contributed by atoms with E-state index in [0.29, 0.717) is 4.64 Å². The lowest BCUT2D eigenvalue weighted by molar-refractivity contribution is 0.105. The highest BCUT2D eigenvalue weighted by Crippen LogP contribution is 2.26. The summed E-state index contributed by atoms with van der Waals surface area (Å²) < 4.78 is 6.24. The van der Waals surface area contributed by atoms with E-state index in [2.05, 4.69) is 9.97 Å². The topological polar surface area (TPSA) is 37.9 Å². The summed E-state index contributed by atoms with van der Waals surface area (Å²) in [5.41, 5.74) is 2.15. The van der Waals surface area contributed by atoms with Crippen molar-refractivity contribution >= 4 is 12.2 Å². The summed E-state index contributed by atoms with van der Waals surface area (Å²) in [5, 5.41) is 0. The Morgan fingerprint density at radius 3 is 2.86 bits per heavy atom. The van der Waals surface area contributed by atoms with Crippen molar-refractivity contribution in [2.75, 3.05) is 6.61 Å². The van der Waals surface area contributed by atoms with Crippen molar-refractivity contribution in [1.29, 1.82) is 0 Å². The molecule has 1 aliphatic heterocycles. The normalized spacial score (nSPS) is 21.4. The van der Waals surface area contributed by atoms with Crippen LogP contribution in [0.5, 0.6) is 0 Å². The van der Waals surface area contributed by atoms with Crippen LogP contribution in [0.2, 0.25) is 0 Å². The monoisotopic (exact) mass is 210 g/mol. The summed E-state index contributed by atoms with van der Waals surface area (Å²) in [6, 6.07) is 0. The molecule has 1 atom stereocenters. The second kappa shape index (κ2) is 3.79. The van der Waals surface area contributed by atoms with Crippen LogP contribution in [0.4, 0.5) is 0 Å². The van der Waals surface area contributed by atoms with Crippen molar-refractivity contribution in [3.8, 4) is 0 Å². The van der Waals surface area contributed by atoms with Crippen molar-refractivity contribution in [3.63, 3.8) is 0 Å². The highest BCUT2D eigenvalue weighted by molar-refractivity contribution is 7.71. The van der Waals surface area contributed by atoms with Gasteiger partial charge in [0.05, 0.1) is 0 Å². The molecular weight excluding hydrogens is 196 g/mol. The molecule has 0 spiro atoms. The van der Waals surface area contributed by atoms with E-state index < -0.39 is 0 Å². The average Bonchev–Trinajstić information content (AvgIpc) is 2.66. The highest BCUT2D eigenvalue weighted by Gasteiger charge is 2.20. The van der Waals surface area contributed by atoms with Crippen molar-refractivity contribution in [3.05, 3.63) is 21.7 Å². The van der Waals surface area contributed by atoms with Crippen LogP contribution in [-0.2, 0) is 4.74 Å². The van der Waals surface area contributed by atoms with E-state index >= 15 is 0 Å². The molecule has 1 fully saturated rings. The van der Waals surface area contributed by atoms with Crippen molar-refractivity contribution < 1.29 is 4.74 Å². The Hall–Kier alpha value is -0.740. The molecule has 14 heavy (non-hydrogen) atoms. The second-order valence-corrected chi connectivity index (χ2v) is 4.07. The minimum Gasteiger partial charge on any atom is -0.370 e. The number of ether oxygens (including phenoxy) is 1. The molecule has 76 valence electrons. The van der Waals surface area contributed by atoms with Crippen LogP contribution in [0.25, 0.3) is 0 Å². The zero-order valence-electron chi connectivity index (χ0n) is 8.46. The maximum atomic E-state index is 5.55.